The van der Waals surface area contributed by atoms with Gasteiger partial charge in [-0.15, -0.1) is 0 Å². The Morgan fingerprint density at radius 1 is 1.65 bits per heavy atom. The van der Waals surface area contributed by atoms with Gasteiger partial charge in [0.05, 0.1) is 5.54 Å². The van der Waals surface area contributed by atoms with Gasteiger partial charge in [-0.3, -0.25) is 4.79 Å². The molecule has 0 aliphatic carbocycles. The Kier molecular flexibility index (Phi) is 4.38. The van der Waals surface area contributed by atoms with Crippen LogP contribution in [0.15, 0.2) is 16.7 Å². The number of amides is 1. The van der Waals surface area contributed by atoms with E-state index in [-0.39, 0.29) is 17.4 Å². The number of rotatable bonds is 4. The van der Waals surface area contributed by atoms with Gasteiger partial charge in [-0.1, -0.05) is 13.8 Å². The number of hydrogen-bond acceptors (Lipinski definition) is 2. The molecule has 1 heterocycles. The molecule has 0 aliphatic heterocycles. The smallest absolute Gasteiger partial charge is 0.268 e. The predicted octanol–water partition coefficient (Wildman–Crippen LogP) is 1.89. The molecule has 1 atom stereocenters. The van der Waals surface area contributed by atoms with Crippen molar-refractivity contribution in [2.45, 2.75) is 26.3 Å². The molecular formula is C12H20BrN3O. The molecule has 96 valence electrons. The van der Waals surface area contributed by atoms with Crippen molar-refractivity contribution in [1.82, 2.24) is 9.88 Å². The first-order chi connectivity index (χ1) is 7.80. The van der Waals surface area contributed by atoms with E-state index in [9.17, 15) is 4.79 Å². The van der Waals surface area contributed by atoms with E-state index in [2.05, 4.69) is 21.2 Å². The lowest BCUT2D eigenvalue weighted by molar-refractivity contribution is 0.0875. The van der Waals surface area contributed by atoms with E-state index < -0.39 is 0 Å². The molecule has 0 spiro atoms. The summed E-state index contributed by atoms with van der Waals surface area (Å²) < 4.78 is 2.68. The summed E-state index contributed by atoms with van der Waals surface area (Å²) in [6, 6.07) is 1.80. The summed E-state index contributed by atoms with van der Waals surface area (Å²) in [5, 5.41) is 3.01. The van der Waals surface area contributed by atoms with Crippen molar-refractivity contribution in [3.63, 3.8) is 0 Å². The lowest BCUT2D eigenvalue weighted by atomic mass is 9.88. The lowest BCUT2D eigenvalue weighted by Crippen LogP contribution is -2.55. The Hall–Kier alpha value is -0.810. The summed E-state index contributed by atoms with van der Waals surface area (Å²) in [6.07, 6.45) is 1.85. The molecule has 4 nitrogen and oxygen atoms in total. The first-order valence-corrected chi connectivity index (χ1v) is 6.44. The fraction of sp³-hybridized carbons (Fsp3) is 0.583. The van der Waals surface area contributed by atoms with Gasteiger partial charge in [0.15, 0.2) is 0 Å². The molecule has 5 heteroatoms. The molecule has 0 bridgehead atoms. The maximum absolute atomic E-state index is 12.1. The molecule has 3 N–H and O–H groups in total. The first kappa shape index (κ1) is 14.3. The highest BCUT2D eigenvalue weighted by Gasteiger charge is 2.29. The molecule has 0 radical (unpaired) electrons. The van der Waals surface area contributed by atoms with Crippen molar-refractivity contribution in [2.24, 2.45) is 18.7 Å². The van der Waals surface area contributed by atoms with Crippen LogP contribution in [0.5, 0.6) is 0 Å². The fourth-order valence-corrected chi connectivity index (χ4v) is 2.03. The molecule has 17 heavy (non-hydrogen) atoms. The SMILES string of the molecule is CC(C)C(C)(CN)NC(=O)c1cc(Br)cn1C. The van der Waals surface area contributed by atoms with Gasteiger partial charge in [-0.2, -0.15) is 0 Å². The Morgan fingerprint density at radius 2 is 2.24 bits per heavy atom. The molecule has 1 rings (SSSR count). The van der Waals surface area contributed by atoms with Crippen LogP contribution in [0.1, 0.15) is 31.3 Å². The summed E-state index contributed by atoms with van der Waals surface area (Å²) >= 11 is 3.35. The number of halogens is 1. The van der Waals surface area contributed by atoms with Gasteiger partial charge < -0.3 is 15.6 Å². The zero-order chi connectivity index (χ0) is 13.2. The average Bonchev–Trinajstić information content (AvgIpc) is 2.57. The normalized spacial score (nSPS) is 14.8. The quantitative estimate of drug-likeness (QED) is 0.892. The zero-order valence-electron chi connectivity index (χ0n) is 10.7. The van der Waals surface area contributed by atoms with Crippen LogP contribution in [-0.4, -0.2) is 22.6 Å². The Bertz CT molecular complexity index is 414. The molecule has 0 aromatic carbocycles. The number of nitrogens with one attached hydrogen (secondary N) is 1. The maximum Gasteiger partial charge on any atom is 0.268 e. The molecule has 1 unspecified atom stereocenters. The number of aryl methyl sites for hydroxylation is 1. The number of nitrogens with two attached hydrogens (primary N) is 1. The second-order valence-corrected chi connectivity index (χ2v) is 5.80. The minimum absolute atomic E-state index is 0.0974. The van der Waals surface area contributed by atoms with Gasteiger partial charge in [0.2, 0.25) is 0 Å². The highest BCUT2D eigenvalue weighted by molar-refractivity contribution is 9.10. The lowest BCUT2D eigenvalue weighted by Gasteiger charge is -2.33. The van der Waals surface area contributed by atoms with Crippen molar-refractivity contribution < 1.29 is 4.79 Å². The van der Waals surface area contributed by atoms with E-state index >= 15 is 0 Å². The molecule has 0 fully saturated rings. The largest absolute Gasteiger partial charge is 0.345 e. The van der Waals surface area contributed by atoms with Crippen LogP contribution < -0.4 is 11.1 Å². The highest BCUT2D eigenvalue weighted by atomic mass is 79.9. The molecule has 1 aromatic rings. The summed E-state index contributed by atoms with van der Waals surface area (Å²) in [7, 11) is 1.84. The third-order valence-corrected chi connectivity index (χ3v) is 3.74. The minimum Gasteiger partial charge on any atom is -0.345 e. The van der Waals surface area contributed by atoms with E-state index in [0.29, 0.717) is 12.2 Å². The summed E-state index contributed by atoms with van der Waals surface area (Å²) in [4.78, 5) is 12.1. The summed E-state index contributed by atoms with van der Waals surface area (Å²) in [6.45, 7) is 6.48. The minimum atomic E-state index is -0.381. The zero-order valence-corrected chi connectivity index (χ0v) is 12.3. The second-order valence-electron chi connectivity index (χ2n) is 4.88. The van der Waals surface area contributed by atoms with Crippen LogP contribution in [0, 0.1) is 5.92 Å². The van der Waals surface area contributed by atoms with Crippen LogP contribution in [0.3, 0.4) is 0 Å². The Labute approximate surface area is 111 Å². The van der Waals surface area contributed by atoms with E-state index in [1.807, 2.05) is 34.0 Å². The van der Waals surface area contributed by atoms with Gasteiger partial charge in [0.1, 0.15) is 5.69 Å². The average molecular weight is 302 g/mol. The molecule has 0 saturated heterocycles. The monoisotopic (exact) mass is 301 g/mol. The van der Waals surface area contributed by atoms with Crippen molar-refractivity contribution in [3.05, 3.63) is 22.4 Å². The Morgan fingerprint density at radius 3 is 2.59 bits per heavy atom. The number of hydrogen-bond donors (Lipinski definition) is 2. The van der Waals surface area contributed by atoms with Crippen LogP contribution in [0.2, 0.25) is 0 Å². The predicted molar refractivity (Wildman–Crippen MR) is 72.9 cm³/mol. The van der Waals surface area contributed by atoms with Crippen molar-refractivity contribution in [3.8, 4) is 0 Å². The van der Waals surface area contributed by atoms with E-state index in [4.69, 9.17) is 5.73 Å². The van der Waals surface area contributed by atoms with E-state index in [0.717, 1.165) is 4.47 Å². The van der Waals surface area contributed by atoms with Gasteiger partial charge in [0.25, 0.3) is 5.91 Å². The number of carbonyl (C=O) groups is 1. The molecular weight excluding hydrogens is 282 g/mol. The topological polar surface area (TPSA) is 60.0 Å². The van der Waals surface area contributed by atoms with Gasteiger partial charge in [0, 0.05) is 24.3 Å². The van der Waals surface area contributed by atoms with Gasteiger partial charge in [-0.25, -0.2) is 0 Å². The summed E-state index contributed by atoms with van der Waals surface area (Å²) in [5.41, 5.74) is 5.99. The van der Waals surface area contributed by atoms with Crippen molar-refractivity contribution in [2.75, 3.05) is 6.54 Å². The molecule has 1 amide bonds. The van der Waals surface area contributed by atoms with E-state index in [1.54, 1.807) is 10.6 Å². The third kappa shape index (κ3) is 3.10. The van der Waals surface area contributed by atoms with Crippen LogP contribution >= 0.6 is 15.9 Å². The first-order valence-electron chi connectivity index (χ1n) is 5.64. The second kappa shape index (κ2) is 5.23. The van der Waals surface area contributed by atoms with Crippen molar-refractivity contribution in [1.29, 1.82) is 0 Å². The van der Waals surface area contributed by atoms with Crippen LogP contribution in [0.4, 0.5) is 0 Å². The standard InChI is InChI=1S/C12H20BrN3O/c1-8(2)12(3,7-14)15-11(17)10-5-9(13)6-16(10)4/h5-6,8H,7,14H2,1-4H3,(H,15,17). The fourth-order valence-electron chi connectivity index (χ4n) is 1.50. The van der Waals surface area contributed by atoms with Crippen LogP contribution in [-0.2, 0) is 7.05 Å². The number of nitrogens with zero attached hydrogens (tertiary/aromatic N) is 1. The van der Waals surface area contributed by atoms with Gasteiger partial charge in [-0.05, 0) is 34.8 Å². The number of aromatic nitrogens is 1. The van der Waals surface area contributed by atoms with Crippen LogP contribution in [0.25, 0.3) is 0 Å². The van der Waals surface area contributed by atoms with Crippen molar-refractivity contribution >= 4 is 21.8 Å². The molecule has 1 aromatic heterocycles. The molecule has 0 saturated carbocycles. The molecule has 0 aliphatic rings. The highest BCUT2D eigenvalue weighted by Crippen LogP contribution is 2.18. The maximum atomic E-state index is 12.1. The number of carbonyl (C=O) groups excluding carboxylic acids is 1. The Balaban J connectivity index is 2.89. The third-order valence-electron chi connectivity index (χ3n) is 3.30. The van der Waals surface area contributed by atoms with Gasteiger partial charge >= 0.3 is 0 Å². The summed E-state index contributed by atoms with van der Waals surface area (Å²) in [5.74, 6) is 0.181. The van der Waals surface area contributed by atoms with E-state index in [1.165, 1.54) is 0 Å².